The van der Waals surface area contributed by atoms with E-state index < -0.39 is 35.6 Å². The van der Waals surface area contributed by atoms with Gasteiger partial charge in [-0.2, -0.15) is 0 Å². The quantitative estimate of drug-likeness (QED) is 0.281. The van der Waals surface area contributed by atoms with Gasteiger partial charge in [0.05, 0.1) is 31.8 Å². The lowest BCUT2D eigenvalue weighted by Gasteiger charge is -2.41. The molecule has 218 valence electrons. The molecule has 1 aliphatic heterocycles. The number of anilines is 1. The van der Waals surface area contributed by atoms with E-state index in [9.17, 15) is 14.4 Å². The van der Waals surface area contributed by atoms with Crippen LogP contribution in [0.3, 0.4) is 0 Å². The first-order chi connectivity index (χ1) is 19.8. The SMILES string of the molecule is CCOC(=O)C1=C(C)N=C2C[C@H](c3ccccc3OC)[C@H](C(=O)OCC)C(=O)C2[C@@H]1c1ccc(N(CC)CC)cc1. The highest BCUT2D eigenvalue weighted by Gasteiger charge is 2.53. The first-order valence-electron chi connectivity index (χ1n) is 14.4. The van der Waals surface area contributed by atoms with Gasteiger partial charge in [0.1, 0.15) is 11.7 Å². The second-order valence-electron chi connectivity index (χ2n) is 10.2. The summed E-state index contributed by atoms with van der Waals surface area (Å²) in [6.45, 7) is 11.5. The lowest BCUT2D eigenvalue weighted by molar-refractivity contribution is -0.153. The van der Waals surface area contributed by atoms with Crippen molar-refractivity contribution in [2.45, 2.75) is 52.9 Å². The van der Waals surface area contributed by atoms with Crippen LogP contribution in [0.1, 0.15) is 64.0 Å². The van der Waals surface area contributed by atoms with E-state index in [-0.39, 0.29) is 19.0 Å². The number of rotatable bonds is 10. The first-order valence-corrected chi connectivity index (χ1v) is 14.4. The smallest absolute Gasteiger partial charge is 0.336 e. The third kappa shape index (κ3) is 5.78. The molecule has 4 rings (SSSR count). The zero-order valence-corrected chi connectivity index (χ0v) is 24.8. The van der Waals surface area contributed by atoms with Gasteiger partial charge in [-0.15, -0.1) is 0 Å². The van der Waals surface area contributed by atoms with Crippen LogP contribution in [0.25, 0.3) is 0 Å². The number of esters is 2. The van der Waals surface area contributed by atoms with Crippen LogP contribution in [0.4, 0.5) is 5.69 Å². The van der Waals surface area contributed by atoms with Gasteiger partial charge in [0.2, 0.25) is 0 Å². The number of ketones is 1. The lowest BCUT2D eigenvalue weighted by atomic mass is 9.62. The van der Waals surface area contributed by atoms with E-state index in [4.69, 9.17) is 19.2 Å². The Morgan fingerprint density at radius 3 is 2.20 bits per heavy atom. The van der Waals surface area contributed by atoms with Crippen LogP contribution < -0.4 is 9.64 Å². The van der Waals surface area contributed by atoms with Crippen molar-refractivity contribution in [3.05, 3.63) is 70.9 Å². The number of ether oxygens (including phenoxy) is 3. The standard InChI is InChI=1S/C33H40N2O6/c1-7-35(8-2)22-17-15-21(16-18-22)28-27(32(37)40-9-3)20(5)34-25-19-24(23-13-11-12-14-26(23)39-6)29(31(36)30(25)28)33(38)41-10-4/h11-18,24,28-30H,7-10,19H2,1-6H3/t24-,28-,29+,30?/m1/s1. The molecule has 0 radical (unpaired) electrons. The van der Waals surface area contributed by atoms with Crippen molar-refractivity contribution in [1.29, 1.82) is 0 Å². The predicted octanol–water partition coefficient (Wildman–Crippen LogP) is 5.47. The number of benzene rings is 2. The van der Waals surface area contributed by atoms with Crippen LogP contribution in [-0.4, -0.2) is 56.8 Å². The molecule has 0 saturated heterocycles. The van der Waals surface area contributed by atoms with Gasteiger partial charge >= 0.3 is 11.9 Å². The maximum atomic E-state index is 14.5. The van der Waals surface area contributed by atoms with Crippen molar-refractivity contribution in [3.8, 4) is 5.75 Å². The molecule has 0 N–H and O–H groups in total. The topological polar surface area (TPSA) is 94.5 Å². The third-order valence-electron chi connectivity index (χ3n) is 8.10. The Bertz CT molecular complexity index is 1340. The molecule has 0 bridgehead atoms. The number of Topliss-reactive ketones (excluding diaryl/α,β-unsaturated/α-hetero) is 1. The van der Waals surface area contributed by atoms with Gasteiger partial charge in [0.15, 0.2) is 5.78 Å². The van der Waals surface area contributed by atoms with Crippen LogP contribution in [0.15, 0.2) is 64.8 Å². The summed E-state index contributed by atoms with van der Waals surface area (Å²) in [7, 11) is 1.57. The Labute approximate surface area is 242 Å². The van der Waals surface area contributed by atoms with E-state index in [1.165, 1.54) is 0 Å². The monoisotopic (exact) mass is 560 g/mol. The first kappa shape index (κ1) is 30.0. The van der Waals surface area contributed by atoms with Gasteiger partial charge in [-0.1, -0.05) is 30.3 Å². The van der Waals surface area contributed by atoms with Gasteiger partial charge in [-0.3, -0.25) is 14.6 Å². The minimum absolute atomic E-state index is 0.149. The minimum Gasteiger partial charge on any atom is -0.496 e. The molecule has 0 aromatic heterocycles. The normalized spacial score (nSPS) is 22.0. The molecule has 4 atom stereocenters. The molecule has 0 amide bonds. The summed E-state index contributed by atoms with van der Waals surface area (Å²) in [6.07, 6.45) is 0.349. The predicted molar refractivity (Wildman–Crippen MR) is 158 cm³/mol. The summed E-state index contributed by atoms with van der Waals surface area (Å²) in [5.41, 5.74) is 4.12. The zero-order chi connectivity index (χ0) is 29.7. The van der Waals surface area contributed by atoms with Crippen molar-refractivity contribution in [3.63, 3.8) is 0 Å². The number of carbonyl (C=O) groups excluding carboxylic acids is 3. The second-order valence-corrected chi connectivity index (χ2v) is 10.2. The Hall–Kier alpha value is -3.94. The Morgan fingerprint density at radius 1 is 0.927 bits per heavy atom. The number of fused-ring (bicyclic) bond motifs is 1. The van der Waals surface area contributed by atoms with Crippen molar-refractivity contribution >= 4 is 29.1 Å². The zero-order valence-electron chi connectivity index (χ0n) is 24.8. The highest BCUT2D eigenvalue weighted by molar-refractivity contribution is 6.18. The largest absolute Gasteiger partial charge is 0.496 e. The second kappa shape index (κ2) is 13.1. The van der Waals surface area contributed by atoms with Crippen molar-refractivity contribution in [1.82, 2.24) is 0 Å². The molecular weight excluding hydrogens is 520 g/mol. The number of hydrogen-bond donors (Lipinski definition) is 0. The Kier molecular flexibility index (Phi) is 9.63. The highest BCUT2D eigenvalue weighted by Crippen LogP contribution is 2.49. The molecule has 1 unspecified atom stereocenters. The fraction of sp³-hybridized carbons (Fsp3) is 0.455. The van der Waals surface area contributed by atoms with E-state index in [0.717, 1.165) is 29.9 Å². The number of allylic oxidation sites excluding steroid dienone is 1. The molecule has 41 heavy (non-hydrogen) atoms. The highest BCUT2D eigenvalue weighted by atomic mass is 16.5. The van der Waals surface area contributed by atoms with Gasteiger partial charge < -0.3 is 19.1 Å². The van der Waals surface area contributed by atoms with E-state index in [2.05, 4.69) is 18.7 Å². The van der Waals surface area contributed by atoms with Crippen LogP contribution >= 0.6 is 0 Å². The number of para-hydroxylation sites is 1. The third-order valence-corrected chi connectivity index (χ3v) is 8.10. The van der Waals surface area contributed by atoms with E-state index in [1.54, 1.807) is 27.9 Å². The number of aliphatic imine (C=N–C) groups is 1. The van der Waals surface area contributed by atoms with Gasteiger partial charge in [-0.25, -0.2) is 4.79 Å². The van der Waals surface area contributed by atoms with E-state index >= 15 is 0 Å². The van der Waals surface area contributed by atoms with Crippen LogP contribution in [0.5, 0.6) is 5.75 Å². The molecule has 2 aromatic carbocycles. The fourth-order valence-electron chi connectivity index (χ4n) is 6.26. The van der Waals surface area contributed by atoms with Crippen LogP contribution in [0, 0.1) is 11.8 Å². The summed E-state index contributed by atoms with van der Waals surface area (Å²) in [6, 6.07) is 15.4. The summed E-state index contributed by atoms with van der Waals surface area (Å²) >= 11 is 0. The average molecular weight is 561 g/mol. The number of nitrogens with zero attached hydrogens (tertiary/aromatic N) is 2. The molecule has 1 saturated carbocycles. The maximum Gasteiger partial charge on any atom is 0.336 e. The van der Waals surface area contributed by atoms with Crippen molar-refractivity contribution in [2.75, 3.05) is 38.3 Å². The molecule has 2 aromatic rings. The molecule has 8 heteroatoms. The number of hydrogen-bond acceptors (Lipinski definition) is 8. The Morgan fingerprint density at radius 2 is 1.59 bits per heavy atom. The molecular formula is C33H40N2O6. The molecule has 8 nitrogen and oxygen atoms in total. The average Bonchev–Trinajstić information content (AvgIpc) is 2.97. The molecule has 1 heterocycles. The maximum absolute atomic E-state index is 14.5. The summed E-state index contributed by atoms with van der Waals surface area (Å²) in [5.74, 6) is -3.84. The summed E-state index contributed by atoms with van der Waals surface area (Å²) < 4.78 is 16.5. The van der Waals surface area contributed by atoms with Gasteiger partial charge in [-0.05, 0) is 70.4 Å². The summed E-state index contributed by atoms with van der Waals surface area (Å²) in [5, 5.41) is 0. The van der Waals surface area contributed by atoms with E-state index in [0.29, 0.717) is 29.2 Å². The number of carbonyl (C=O) groups is 3. The lowest BCUT2D eigenvalue weighted by Crippen LogP contribution is -2.48. The molecule has 0 spiro atoms. The molecule has 1 fully saturated rings. The van der Waals surface area contributed by atoms with Crippen molar-refractivity contribution < 1.29 is 28.6 Å². The fourth-order valence-corrected chi connectivity index (χ4v) is 6.26. The summed E-state index contributed by atoms with van der Waals surface area (Å²) in [4.78, 5) is 48.4. The Balaban J connectivity index is 1.88. The number of methoxy groups -OCH3 is 1. The van der Waals surface area contributed by atoms with E-state index in [1.807, 2.05) is 48.5 Å². The van der Waals surface area contributed by atoms with Gasteiger partial charge in [0, 0.05) is 42.0 Å². The minimum atomic E-state index is -1.07. The van der Waals surface area contributed by atoms with Crippen LogP contribution in [0.2, 0.25) is 0 Å². The molecule has 2 aliphatic rings. The van der Waals surface area contributed by atoms with Crippen LogP contribution in [-0.2, 0) is 23.9 Å². The van der Waals surface area contributed by atoms with Gasteiger partial charge in [0.25, 0.3) is 0 Å². The van der Waals surface area contributed by atoms with Crippen molar-refractivity contribution in [2.24, 2.45) is 16.8 Å². The molecule has 1 aliphatic carbocycles.